The number of aliphatic carboxylic acids is 1. The normalized spacial score (nSPS) is 10.8. The smallest absolute Gasteiger partial charge is 0.328 e. The Kier molecular flexibility index (Phi) is 4.43. The molecule has 3 nitrogen and oxygen atoms in total. The average Bonchev–Trinajstić information content (AvgIpc) is 2.36. The number of ether oxygens (including phenoxy) is 1. The minimum atomic E-state index is -0.954. The number of aryl methyl sites for hydroxylation is 3. The molecule has 2 aromatic carbocycles. The number of rotatable bonds is 4. The molecule has 0 spiro atoms. The predicted molar refractivity (Wildman–Crippen MR) is 83.8 cm³/mol. The quantitative estimate of drug-likeness (QED) is 0.840. The molecule has 0 heterocycles. The zero-order valence-corrected chi connectivity index (χ0v) is 12.4. The Morgan fingerprint density at radius 3 is 2.24 bits per heavy atom. The third-order valence-electron chi connectivity index (χ3n) is 3.08. The molecule has 2 aromatic rings. The van der Waals surface area contributed by atoms with Crippen LogP contribution in [0.1, 0.15) is 22.3 Å². The second-order valence-corrected chi connectivity index (χ2v) is 5.12. The van der Waals surface area contributed by atoms with E-state index >= 15 is 0 Å². The minimum absolute atomic E-state index is 0.741. The predicted octanol–water partition coefficient (Wildman–Crippen LogP) is 4.50. The Morgan fingerprint density at radius 2 is 1.67 bits per heavy atom. The molecular formula is C18H18O3. The molecule has 0 amide bonds. The van der Waals surface area contributed by atoms with Crippen LogP contribution in [0.2, 0.25) is 0 Å². The first-order valence-corrected chi connectivity index (χ1v) is 6.72. The van der Waals surface area contributed by atoms with E-state index in [2.05, 4.69) is 6.07 Å². The first kappa shape index (κ1) is 14.9. The van der Waals surface area contributed by atoms with E-state index in [4.69, 9.17) is 9.84 Å². The summed E-state index contributed by atoms with van der Waals surface area (Å²) >= 11 is 0. The summed E-state index contributed by atoms with van der Waals surface area (Å²) in [4.78, 5) is 10.5. The summed E-state index contributed by atoms with van der Waals surface area (Å²) in [6.07, 6.45) is 2.71. The molecule has 0 aliphatic carbocycles. The molecule has 21 heavy (non-hydrogen) atoms. The summed E-state index contributed by atoms with van der Waals surface area (Å²) in [5.41, 5.74) is 4.14. The van der Waals surface area contributed by atoms with Gasteiger partial charge in [-0.3, -0.25) is 0 Å². The van der Waals surface area contributed by atoms with Crippen LogP contribution in [0.3, 0.4) is 0 Å². The van der Waals surface area contributed by atoms with Gasteiger partial charge in [-0.15, -0.1) is 0 Å². The van der Waals surface area contributed by atoms with Gasteiger partial charge in [-0.1, -0.05) is 12.1 Å². The van der Waals surface area contributed by atoms with E-state index in [9.17, 15) is 4.79 Å². The van der Waals surface area contributed by atoms with Gasteiger partial charge < -0.3 is 9.84 Å². The summed E-state index contributed by atoms with van der Waals surface area (Å²) in [7, 11) is 0. The van der Waals surface area contributed by atoms with Gasteiger partial charge in [0.1, 0.15) is 11.5 Å². The molecule has 3 heteroatoms. The monoisotopic (exact) mass is 282 g/mol. The highest BCUT2D eigenvalue weighted by molar-refractivity contribution is 5.85. The molecule has 1 N–H and O–H groups in total. The molecule has 0 aliphatic heterocycles. The largest absolute Gasteiger partial charge is 0.478 e. The van der Waals surface area contributed by atoms with E-state index in [-0.39, 0.29) is 0 Å². The second kappa shape index (κ2) is 6.27. The Hall–Kier alpha value is -2.55. The fraction of sp³-hybridized carbons (Fsp3) is 0.167. The second-order valence-electron chi connectivity index (χ2n) is 5.12. The fourth-order valence-corrected chi connectivity index (χ4v) is 2.19. The van der Waals surface area contributed by atoms with Crippen LogP contribution in [-0.2, 0) is 4.79 Å². The zero-order chi connectivity index (χ0) is 15.4. The van der Waals surface area contributed by atoms with Gasteiger partial charge in [0.15, 0.2) is 0 Å². The van der Waals surface area contributed by atoms with Crippen LogP contribution in [0.25, 0.3) is 6.08 Å². The van der Waals surface area contributed by atoms with Crippen LogP contribution in [-0.4, -0.2) is 11.1 Å². The Bertz CT molecular complexity index is 679. The lowest BCUT2D eigenvalue weighted by molar-refractivity contribution is -0.131. The third kappa shape index (κ3) is 4.21. The first-order valence-electron chi connectivity index (χ1n) is 6.72. The molecule has 0 fully saturated rings. The van der Waals surface area contributed by atoms with Crippen molar-refractivity contribution in [3.63, 3.8) is 0 Å². The van der Waals surface area contributed by atoms with Gasteiger partial charge >= 0.3 is 5.97 Å². The van der Waals surface area contributed by atoms with Crippen molar-refractivity contribution in [1.82, 2.24) is 0 Å². The molecule has 0 saturated carbocycles. The summed E-state index contributed by atoms with van der Waals surface area (Å²) in [6, 6.07) is 11.7. The minimum Gasteiger partial charge on any atom is -0.478 e. The Morgan fingerprint density at radius 1 is 1.00 bits per heavy atom. The lowest BCUT2D eigenvalue weighted by Crippen LogP contribution is -1.90. The molecule has 0 bridgehead atoms. The maximum atomic E-state index is 10.5. The lowest BCUT2D eigenvalue weighted by atomic mass is 10.1. The maximum Gasteiger partial charge on any atom is 0.328 e. The van der Waals surface area contributed by atoms with Crippen molar-refractivity contribution in [2.75, 3.05) is 0 Å². The van der Waals surface area contributed by atoms with Crippen molar-refractivity contribution in [3.05, 3.63) is 64.7 Å². The summed E-state index contributed by atoms with van der Waals surface area (Å²) < 4.78 is 5.86. The third-order valence-corrected chi connectivity index (χ3v) is 3.08. The van der Waals surface area contributed by atoms with Crippen molar-refractivity contribution < 1.29 is 14.6 Å². The van der Waals surface area contributed by atoms with Gasteiger partial charge in [-0.2, -0.15) is 0 Å². The number of carbonyl (C=O) groups is 1. The topological polar surface area (TPSA) is 46.5 Å². The van der Waals surface area contributed by atoms with E-state index in [1.807, 2.05) is 51.1 Å². The summed E-state index contributed by atoms with van der Waals surface area (Å²) in [5, 5.41) is 8.66. The van der Waals surface area contributed by atoms with Crippen molar-refractivity contribution >= 4 is 12.0 Å². The molecule has 0 atom stereocenters. The van der Waals surface area contributed by atoms with Crippen LogP contribution in [0, 0.1) is 20.8 Å². The number of carboxylic acid groups (broad SMARTS) is 1. The number of hydrogen-bond donors (Lipinski definition) is 1. The number of carboxylic acids is 1. The molecule has 0 aliphatic rings. The zero-order valence-electron chi connectivity index (χ0n) is 12.4. The molecule has 108 valence electrons. The molecule has 2 rings (SSSR count). The van der Waals surface area contributed by atoms with Crippen LogP contribution in [0.5, 0.6) is 11.5 Å². The van der Waals surface area contributed by atoms with Gasteiger partial charge in [-0.25, -0.2) is 4.79 Å². The van der Waals surface area contributed by atoms with Crippen LogP contribution in [0.4, 0.5) is 0 Å². The maximum absolute atomic E-state index is 10.5. The molecule has 0 radical (unpaired) electrons. The molecular weight excluding hydrogens is 264 g/mol. The summed E-state index contributed by atoms with van der Waals surface area (Å²) in [6.45, 7) is 5.99. The fourth-order valence-electron chi connectivity index (χ4n) is 2.19. The van der Waals surface area contributed by atoms with E-state index in [1.165, 1.54) is 0 Å². The van der Waals surface area contributed by atoms with Gasteiger partial charge in [0.2, 0.25) is 0 Å². The van der Waals surface area contributed by atoms with Gasteiger partial charge in [0, 0.05) is 6.08 Å². The standard InChI is InChI=1S/C18H18O3/c1-12-8-13(2)10-17(9-12)21-16-6-4-15(14(3)11-16)5-7-18(19)20/h4-11H,1-3H3,(H,19,20). The average molecular weight is 282 g/mol. The van der Waals surface area contributed by atoms with Gasteiger partial charge in [-0.05, 0) is 73.4 Å². The van der Waals surface area contributed by atoms with Crippen molar-refractivity contribution in [1.29, 1.82) is 0 Å². The van der Waals surface area contributed by atoms with Crippen LogP contribution in [0.15, 0.2) is 42.5 Å². The highest BCUT2D eigenvalue weighted by atomic mass is 16.5. The van der Waals surface area contributed by atoms with E-state index in [1.54, 1.807) is 6.08 Å². The lowest BCUT2D eigenvalue weighted by Gasteiger charge is -2.09. The molecule has 0 aromatic heterocycles. The highest BCUT2D eigenvalue weighted by Gasteiger charge is 2.02. The van der Waals surface area contributed by atoms with Gasteiger partial charge in [0.25, 0.3) is 0 Å². The molecule has 0 unspecified atom stereocenters. The molecule has 0 saturated heterocycles. The van der Waals surface area contributed by atoms with Gasteiger partial charge in [0.05, 0.1) is 0 Å². The number of hydrogen-bond acceptors (Lipinski definition) is 2. The van der Waals surface area contributed by atoms with E-state index < -0.39 is 5.97 Å². The highest BCUT2D eigenvalue weighted by Crippen LogP contribution is 2.26. The van der Waals surface area contributed by atoms with Crippen LogP contribution < -0.4 is 4.74 Å². The first-order chi connectivity index (χ1) is 9.94. The summed E-state index contributed by atoms with van der Waals surface area (Å²) in [5.74, 6) is 0.593. The van der Waals surface area contributed by atoms with E-state index in [0.717, 1.165) is 39.8 Å². The SMILES string of the molecule is Cc1cc(C)cc(Oc2ccc(C=CC(=O)O)c(C)c2)c1. The van der Waals surface area contributed by atoms with Crippen molar-refractivity contribution in [2.24, 2.45) is 0 Å². The number of benzene rings is 2. The van der Waals surface area contributed by atoms with Crippen molar-refractivity contribution in [2.45, 2.75) is 20.8 Å². The Balaban J connectivity index is 2.22. The Labute approximate surface area is 124 Å². The van der Waals surface area contributed by atoms with Crippen molar-refractivity contribution in [3.8, 4) is 11.5 Å². The van der Waals surface area contributed by atoms with Crippen LogP contribution >= 0.6 is 0 Å². The van der Waals surface area contributed by atoms with E-state index in [0.29, 0.717) is 0 Å².